The normalized spacial score (nSPS) is 14.7. The second-order valence-electron chi connectivity index (χ2n) is 7.75. The van der Waals surface area contributed by atoms with Gasteiger partial charge in [0.1, 0.15) is 5.65 Å². The Balaban J connectivity index is 1.20. The summed E-state index contributed by atoms with van der Waals surface area (Å²) in [6.07, 6.45) is 6.86. The number of carbonyl (C=O) groups excluding carboxylic acids is 1. The molecular formula is C23H23N7O2. The van der Waals surface area contributed by atoms with Crippen molar-refractivity contribution in [2.24, 2.45) is 0 Å². The number of rotatable bonds is 5. The van der Waals surface area contributed by atoms with E-state index in [1.165, 1.54) is 4.68 Å². The van der Waals surface area contributed by atoms with Crippen molar-refractivity contribution in [3.8, 4) is 11.3 Å². The molecule has 4 aromatic rings. The van der Waals surface area contributed by atoms with Crippen LogP contribution in [0.5, 0.6) is 0 Å². The highest BCUT2D eigenvalue weighted by Gasteiger charge is 2.24. The average Bonchev–Trinajstić information content (AvgIpc) is 3.28. The van der Waals surface area contributed by atoms with Gasteiger partial charge in [0.15, 0.2) is 0 Å². The van der Waals surface area contributed by atoms with Gasteiger partial charge in [-0.05, 0) is 30.3 Å². The van der Waals surface area contributed by atoms with Gasteiger partial charge >= 0.3 is 0 Å². The fourth-order valence-corrected chi connectivity index (χ4v) is 4.00. The Morgan fingerprint density at radius 3 is 2.59 bits per heavy atom. The highest BCUT2D eigenvalue weighted by Crippen LogP contribution is 2.18. The zero-order valence-corrected chi connectivity index (χ0v) is 17.5. The first-order chi connectivity index (χ1) is 15.7. The van der Waals surface area contributed by atoms with E-state index in [2.05, 4.69) is 25.0 Å². The lowest BCUT2D eigenvalue weighted by Gasteiger charge is -2.34. The smallest absolute Gasteiger partial charge is 0.266 e. The van der Waals surface area contributed by atoms with Crippen LogP contribution in [0, 0.1) is 0 Å². The molecule has 4 aromatic heterocycles. The Labute approximate surface area is 184 Å². The van der Waals surface area contributed by atoms with Crippen molar-refractivity contribution >= 4 is 16.9 Å². The van der Waals surface area contributed by atoms with Crippen LogP contribution in [-0.2, 0) is 6.54 Å². The summed E-state index contributed by atoms with van der Waals surface area (Å²) in [6.45, 7) is 4.00. The molecule has 9 nitrogen and oxygen atoms in total. The number of amides is 1. The molecule has 1 amide bonds. The van der Waals surface area contributed by atoms with Crippen molar-refractivity contribution in [2.75, 3.05) is 32.7 Å². The van der Waals surface area contributed by atoms with Gasteiger partial charge in [-0.2, -0.15) is 5.10 Å². The molecule has 0 bridgehead atoms. The first kappa shape index (κ1) is 20.1. The summed E-state index contributed by atoms with van der Waals surface area (Å²) < 4.78 is 1.51. The van der Waals surface area contributed by atoms with Crippen molar-refractivity contribution in [1.82, 2.24) is 34.5 Å². The number of piperazine rings is 1. The molecule has 0 aromatic carbocycles. The number of H-pyrrole nitrogens is 1. The Hall–Kier alpha value is -3.85. The quantitative estimate of drug-likeness (QED) is 0.518. The van der Waals surface area contributed by atoms with Crippen LogP contribution in [0.15, 0.2) is 66.0 Å². The van der Waals surface area contributed by atoms with Gasteiger partial charge in [-0.3, -0.25) is 19.5 Å². The molecule has 0 saturated carbocycles. The number of hydrogen-bond acceptors (Lipinski definition) is 6. The standard InChI is InChI=1S/C23H23N7O2/c31-21-4-3-20(17-5-8-24-9-6-17)27-30(21)15-12-28-10-13-29(14-11-28)23(32)19-16-26-22-18(19)2-1-7-25-22/h1-9,16H,10-15H2,(H,25,26). The van der Waals surface area contributed by atoms with Crippen LogP contribution in [-0.4, -0.2) is 73.2 Å². The fourth-order valence-electron chi connectivity index (χ4n) is 4.00. The number of nitrogens with zero attached hydrogens (tertiary/aromatic N) is 6. The number of aromatic amines is 1. The van der Waals surface area contributed by atoms with E-state index in [0.29, 0.717) is 31.7 Å². The first-order valence-electron chi connectivity index (χ1n) is 10.6. The average molecular weight is 429 g/mol. The summed E-state index contributed by atoms with van der Waals surface area (Å²) in [5, 5.41) is 5.36. The predicted octanol–water partition coefficient (Wildman–Crippen LogP) is 1.64. The van der Waals surface area contributed by atoms with E-state index in [1.807, 2.05) is 29.2 Å². The van der Waals surface area contributed by atoms with Gasteiger partial charge in [0.05, 0.1) is 17.8 Å². The van der Waals surface area contributed by atoms with Gasteiger partial charge in [0, 0.05) is 74.5 Å². The molecule has 5 heterocycles. The second-order valence-corrected chi connectivity index (χ2v) is 7.75. The molecular weight excluding hydrogens is 406 g/mol. The molecule has 1 aliphatic rings. The maximum absolute atomic E-state index is 13.0. The molecule has 0 atom stereocenters. The molecule has 1 aliphatic heterocycles. The van der Waals surface area contributed by atoms with Gasteiger partial charge in [0.25, 0.3) is 11.5 Å². The Kier molecular flexibility index (Phi) is 5.47. The van der Waals surface area contributed by atoms with Crippen LogP contribution < -0.4 is 5.56 Å². The number of hydrogen-bond donors (Lipinski definition) is 1. The molecule has 162 valence electrons. The van der Waals surface area contributed by atoms with Crippen LogP contribution in [0.4, 0.5) is 0 Å². The van der Waals surface area contributed by atoms with Crippen molar-refractivity contribution < 1.29 is 4.79 Å². The summed E-state index contributed by atoms with van der Waals surface area (Å²) in [5.41, 5.74) is 2.93. The van der Waals surface area contributed by atoms with Crippen molar-refractivity contribution in [3.05, 3.63) is 77.1 Å². The predicted molar refractivity (Wildman–Crippen MR) is 120 cm³/mol. The van der Waals surface area contributed by atoms with E-state index >= 15 is 0 Å². The molecule has 1 fully saturated rings. The first-order valence-corrected chi connectivity index (χ1v) is 10.6. The SMILES string of the molecule is O=C(c1c[nH]c2ncccc12)N1CCN(CCn2nc(-c3ccncc3)ccc2=O)CC1. The van der Waals surface area contributed by atoms with E-state index in [4.69, 9.17) is 0 Å². The Bertz CT molecular complexity index is 1290. The lowest BCUT2D eigenvalue weighted by molar-refractivity contribution is 0.0633. The van der Waals surface area contributed by atoms with Gasteiger partial charge in [0.2, 0.25) is 0 Å². The minimum Gasteiger partial charge on any atom is -0.345 e. The number of fused-ring (bicyclic) bond motifs is 1. The van der Waals surface area contributed by atoms with E-state index in [-0.39, 0.29) is 11.5 Å². The number of carbonyl (C=O) groups is 1. The minimum atomic E-state index is -0.121. The van der Waals surface area contributed by atoms with Gasteiger partial charge in [-0.1, -0.05) is 0 Å². The van der Waals surface area contributed by atoms with E-state index in [0.717, 1.165) is 35.4 Å². The molecule has 5 rings (SSSR count). The summed E-state index contributed by atoms with van der Waals surface area (Å²) in [6, 6.07) is 10.8. The number of aromatic nitrogens is 5. The third kappa shape index (κ3) is 4.02. The van der Waals surface area contributed by atoms with Crippen LogP contribution in [0.2, 0.25) is 0 Å². The summed E-state index contributed by atoms with van der Waals surface area (Å²) in [5.74, 6) is 0.0202. The highest BCUT2D eigenvalue weighted by molar-refractivity contribution is 6.05. The van der Waals surface area contributed by atoms with Crippen molar-refractivity contribution in [3.63, 3.8) is 0 Å². The van der Waals surface area contributed by atoms with E-state index < -0.39 is 0 Å². The molecule has 1 N–H and O–H groups in total. The maximum Gasteiger partial charge on any atom is 0.266 e. The highest BCUT2D eigenvalue weighted by atomic mass is 16.2. The number of nitrogens with one attached hydrogen (secondary N) is 1. The van der Waals surface area contributed by atoms with E-state index in [9.17, 15) is 9.59 Å². The zero-order valence-electron chi connectivity index (χ0n) is 17.5. The molecule has 0 spiro atoms. The summed E-state index contributed by atoms with van der Waals surface area (Å²) in [7, 11) is 0. The molecule has 1 saturated heterocycles. The Morgan fingerprint density at radius 1 is 0.969 bits per heavy atom. The molecule has 9 heteroatoms. The minimum absolute atomic E-state index is 0.0202. The number of pyridine rings is 2. The van der Waals surface area contributed by atoms with Gasteiger partial charge < -0.3 is 9.88 Å². The topological polar surface area (TPSA) is 100 Å². The second kappa shape index (κ2) is 8.72. The fraction of sp³-hybridized carbons (Fsp3) is 0.261. The third-order valence-electron chi connectivity index (χ3n) is 5.81. The molecule has 0 unspecified atom stereocenters. The molecule has 0 aliphatic carbocycles. The lowest BCUT2D eigenvalue weighted by Crippen LogP contribution is -2.49. The van der Waals surface area contributed by atoms with Crippen LogP contribution in [0.3, 0.4) is 0 Å². The van der Waals surface area contributed by atoms with Crippen molar-refractivity contribution in [2.45, 2.75) is 6.54 Å². The molecule has 32 heavy (non-hydrogen) atoms. The molecule has 0 radical (unpaired) electrons. The van der Waals surface area contributed by atoms with Gasteiger partial charge in [-0.15, -0.1) is 0 Å². The largest absolute Gasteiger partial charge is 0.345 e. The monoisotopic (exact) mass is 429 g/mol. The maximum atomic E-state index is 13.0. The van der Waals surface area contributed by atoms with Crippen molar-refractivity contribution in [1.29, 1.82) is 0 Å². The third-order valence-corrected chi connectivity index (χ3v) is 5.81. The van der Waals surface area contributed by atoms with E-state index in [1.54, 1.807) is 36.9 Å². The van der Waals surface area contributed by atoms with Gasteiger partial charge in [-0.25, -0.2) is 9.67 Å². The van der Waals surface area contributed by atoms with Crippen LogP contribution in [0.1, 0.15) is 10.4 Å². The van der Waals surface area contributed by atoms with Crippen LogP contribution >= 0.6 is 0 Å². The zero-order chi connectivity index (χ0) is 21.9. The van der Waals surface area contributed by atoms with Crippen LogP contribution in [0.25, 0.3) is 22.3 Å². The lowest BCUT2D eigenvalue weighted by atomic mass is 10.2. The summed E-state index contributed by atoms with van der Waals surface area (Å²) in [4.78, 5) is 40.7. The summed E-state index contributed by atoms with van der Waals surface area (Å²) >= 11 is 0. The Morgan fingerprint density at radius 2 is 1.78 bits per heavy atom.